The van der Waals surface area contributed by atoms with Gasteiger partial charge in [-0.3, -0.25) is 9.80 Å². The summed E-state index contributed by atoms with van der Waals surface area (Å²) in [4.78, 5) is 4.88. The van der Waals surface area contributed by atoms with Gasteiger partial charge in [-0.1, -0.05) is 48.5 Å². The predicted molar refractivity (Wildman–Crippen MR) is 84.5 cm³/mol. The highest BCUT2D eigenvalue weighted by Crippen LogP contribution is 2.27. The van der Waals surface area contributed by atoms with E-state index in [0.717, 1.165) is 13.2 Å². The van der Waals surface area contributed by atoms with Gasteiger partial charge < -0.3 is 0 Å². The molecule has 0 aromatic heterocycles. The first-order chi connectivity index (χ1) is 9.74. The largest absolute Gasteiger partial charge is 0.292 e. The summed E-state index contributed by atoms with van der Waals surface area (Å²) >= 11 is 0. The summed E-state index contributed by atoms with van der Waals surface area (Å²) in [6.45, 7) is 6.64. The van der Waals surface area contributed by atoms with Gasteiger partial charge >= 0.3 is 0 Å². The summed E-state index contributed by atoms with van der Waals surface area (Å²) in [6.07, 6.45) is 0. The molecule has 2 aromatic rings. The summed E-state index contributed by atoms with van der Waals surface area (Å²) < 4.78 is 0. The van der Waals surface area contributed by atoms with E-state index in [0.29, 0.717) is 0 Å². The third-order valence-electron chi connectivity index (χ3n) is 4.09. The van der Waals surface area contributed by atoms with Crippen molar-refractivity contribution < 1.29 is 0 Å². The van der Waals surface area contributed by atoms with E-state index in [2.05, 4.69) is 72.3 Å². The second-order valence-electron chi connectivity index (χ2n) is 5.75. The van der Waals surface area contributed by atoms with E-state index < -0.39 is 0 Å². The van der Waals surface area contributed by atoms with Crippen LogP contribution in [0.4, 0.5) is 0 Å². The van der Waals surface area contributed by atoms with E-state index in [9.17, 15) is 0 Å². The normalized spacial score (nSPS) is 16.7. The van der Waals surface area contributed by atoms with Crippen molar-refractivity contribution >= 4 is 0 Å². The Morgan fingerprint density at radius 2 is 1.60 bits per heavy atom. The summed E-state index contributed by atoms with van der Waals surface area (Å²) in [5.41, 5.74) is 5.51. The summed E-state index contributed by atoms with van der Waals surface area (Å²) in [7, 11) is 2.19. The number of nitrogens with zero attached hydrogens (tertiary/aromatic N) is 2. The van der Waals surface area contributed by atoms with Crippen molar-refractivity contribution in [2.75, 3.05) is 26.8 Å². The van der Waals surface area contributed by atoms with Crippen molar-refractivity contribution in [3.05, 3.63) is 59.7 Å². The molecule has 0 radical (unpaired) electrons. The lowest BCUT2D eigenvalue weighted by Gasteiger charge is -2.18. The smallest absolute Gasteiger partial charge is 0.0507 e. The molecule has 0 saturated carbocycles. The first kappa shape index (κ1) is 13.3. The Labute approximate surface area is 121 Å². The highest BCUT2D eigenvalue weighted by molar-refractivity contribution is 5.70. The van der Waals surface area contributed by atoms with Crippen molar-refractivity contribution in [1.82, 2.24) is 9.80 Å². The van der Waals surface area contributed by atoms with Crippen LogP contribution >= 0.6 is 0 Å². The van der Waals surface area contributed by atoms with Gasteiger partial charge in [0.1, 0.15) is 0 Å². The first-order valence-electron chi connectivity index (χ1n) is 7.29. The minimum absolute atomic E-state index is 1.04. The van der Waals surface area contributed by atoms with Gasteiger partial charge in [0, 0.05) is 19.6 Å². The average Bonchev–Trinajstić information content (AvgIpc) is 2.86. The van der Waals surface area contributed by atoms with E-state index >= 15 is 0 Å². The molecule has 0 spiro atoms. The molecule has 0 N–H and O–H groups in total. The molecule has 3 rings (SSSR count). The van der Waals surface area contributed by atoms with Crippen LogP contribution in [0.2, 0.25) is 0 Å². The summed E-state index contributed by atoms with van der Waals surface area (Å²) in [5.74, 6) is 0. The van der Waals surface area contributed by atoms with Gasteiger partial charge in [-0.2, -0.15) is 0 Å². The Morgan fingerprint density at radius 1 is 0.900 bits per heavy atom. The molecule has 2 heteroatoms. The Balaban J connectivity index is 1.91. The Hall–Kier alpha value is -1.64. The fourth-order valence-corrected chi connectivity index (χ4v) is 2.96. The molecule has 2 aromatic carbocycles. The Morgan fingerprint density at radius 3 is 2.30 bits per heavy atom. The minimum Gasteiger partial charge on any atom is -0.292 e. The van der Waals surface area contributed by atoms with Crippen LogP contribution in [0, 0.1) is 6.92 Å². The quantitative estimate of drug-likeness (QED) is 0.840. The van der Waals surface area contributed by atoms with Gasteiger partial charge in [0.25, 0.3) is 0 Å². The molecule has 20 heavy (non-hydrogen) atoms. The number of hydrogen-bond donors (Lipinski definition) is 0. The number of benzene rings is 2. The van der Waals surface area contributed by atoms with Crippen molar-refractivity contribution in [3.63, 3.8) is 0 Å². The van der Waals surface area contributed by atoms with Crippen molar-refractivity contribution in [3.8, 4) is 11.1 Å². The third-order valence-corrected chi connectivity index (χ3v) is 4.09. The zero-order valence-electron chi connectivity index (χ0n) is 12.3. The predicted octanol–water partition coefficient (Wildman–Crippen LogP) is 3.37. The maximum atomic E-state index is 2.51. The zero-order chi connectivity index (χ0) is 13.9. The number of hydrogen-bond acceptors (Lipinski definition) is 2. The molecule has 0 aliphatic carbocycles. The molecule has 0 unspecified atom stereocenters. The van der Waals surface area contributed by atoms with Gasteiger partial charge in [-0.15, -0.1) is 0 Å². The van der Waals surface area contributed by atoms with Crippen LogP contribution < -0.4 is 0 Å². The molecule has 1 aliphatic heterocycles. The fourth-order valence-electron chi connectivity index (χ4n) is 2.96. The van der Waals surface area contributed by atoms with Crippen LogP contribution in [0.25, 0.3) is 11.1 Å². The van der Waals surface area contributed by atoms with Gasteiger partial charge in [-0.25, -0.2) is 0 Å². The number of likely N-dealkylation sites (N-methyl/N-ethyl adjacent to an activating group) is 1. The van der Waals surface area contributed by atoms with Gasteiger partial charge in [0.15, 0.2) is 0 Å². The Bertz CT molecular complexity index is 591. The van der Waals surface area contributed by atoms with Gasteiger partial charge in [0.05, 0.1) is 6.67 Å². The highest BCUT2D eigenvalue weighted by Gasteiger charge is 2.17. The van der Waals surface area contributed by atoms with E-state index in [-0.39, 0.29) is 0 Å². The van der Waals surface area contributed by atoms with Crippen LogP contribution in [-0.4, -0.2) is 36.6 Å². The summed E-state index contributed by atoms with van der Waals surface area (Å²) in [6, 6.07) is 17.5. The highest BCUT2D eigenvalue weighted by atomic mass is 15.4. The average molecular weight is 266 g/mol. The van der Waals surface area contributed by atoms with Gasteiger partial charge in [-0.05, 0) is 36.2 Å². The Kier molecular flexibility index (Phi) is 3.86. The minimum atomic E-state index is 1.04. The molecule has 1 heterocycles. The summed E-state index contributed by atoms with van der Waals surface area (Å²) in [5, 5.41) is 0. The zero-order valence-corrected chi connectivity index (χ0v) is 12.3. The van der Waals surface area contributed by atoms with Crippen LogP contribution in [0.5, 0.6) is 0 Å². The molecular formula is C18H22N2. The lowest BCUT2D eigenvalue weighted by atomic mass is 9.96. The van der Waals surface area contributed by atoms with E-state index in [4.69, 9.17) is 0 Å². The lowest BCUT2D eigenvalue weighted by molar-refractivity contribution is 0.268. The van der Waals surface area contributed by atoms with E-state index in [1.165, 1.54) is 35.3 Å². The molecular weight excluding hydrogens is 244 g/mol. The van der Waals surface area contributed by atoms with Crippen molar-refractivity contribution in [2.45, 2.75) is 13.5 Å². The molecule has 0 amide bonds. The van der Waals surface area contributed by atoms with Crippen LogP contribution in [0.15, 0.2) is 48.5 Å². The van der Waals surface area contributed by atoms with Crippen LogP contribution in [-0.2, 0) is 6.54 Å². The maximum absolute atomic E-state index is 2.51. The molecule has 2 nitrogen and oxygen atoms in total. The maximum Gasteiger partial charge on any atom is 0.0507 e. The molecule has 1 fully saturated rings. The second-order valence-corrected chi connectivity index (χ2v) is 5.75. The molecule has 0 atom stereocenters. The standard InChI is InChI=1S/C18H22N2/c1-15-7-3-5-9-17(15)18-10-6-4-8-16(18)13-20-12-11-19(2)14-20/h3-10H,11-14H2,1-2H3. The number of rotatable bonds is 3. The van der Waals surface area contributed by atoms with Crippen LogP contribution in [0.3, 0.4) is 0 Å². The monoisotopic (exact) mass is 266 g/mol. The van der Waals surface area contributed by atoms with E-state index in [1.54, 1.807) is 0 Å². The SMILES string of the molecule is Cc1ccccc1-c1ccccc1CN1CCN(C)C1. The molecule has 104 valence electrons. The first-order valence-corrected chi connectivity index (χ1v) is 7.29. The topological polar surface area (TPSA) is 6.48 Å². The van der Waals surface area contributed by atoms with Gasteiger partial charge in [0.2, 0.25) is 0 Å². The molecule has 0 bridgehead atoms. The lowest BCUT2D eigenvalue weighted by Crippen LogP contribution is -2.22. The fraction of sp³-hybridized carbons (Fsp3) is 0.333. The van der Waals surface area contributed by atoms with Crippen molar-refractivity contribution in [1.29, 1.82) is 0 Å². The van der Waals surface area contributed by atoms with E-state index in [1.807, 2.05) is 0 Å². The molecule has 1 saturated heterocycles. The third kappa shape index (κ3) is 2.77. The number of aryl methyl sites for hydroxylation is 1. The molecule has 1 aliphatic rings. The second kappa shape index (κ2) is 5.78. The van der Waals surface area contributed by atoms with Crippen LogP contribution in [0.1, 0.15) is 11.1 Å². The van der Waals surface area contributed by atoms with Crippen molar-refractivity contribution in [2.24, 2.45) is 0 Å².